The third-order valence-corrected chi connectivity index (χ3v) is 4.85. The molecule has 0 radical (unpaired) electrons. The zero-order chi connectivity index (χ0) is 19.1. The van der Waals surface area contributed by atoms with Crippen LogP contribution in [0.25, 0.3) is 0 Å². The molecule has 2 heterocycles. The van der Waals surface area contributed by atoms with Crippen molar-refractivity contribution in [2.24, 2.45) is 0 Å². The lowest BCUT2D eigenvalue weighted by molar-refractivity contribution is -0.113. The Bertz CT molecular complexity index is 904. The second kappa shape index (κ2) is 9.38. The predicted molar refractivity (Wildman–Crippen MR) is 105 cm³/mol. The number of carbonyl (C=O) groups is 1. The summed E-state index contributed by atoms with van der Waals surface area (Å²) >= 11 is 7.41. The Morgan fingerprint density at radius 2 is 2.04 bits per heavy atom. The van der Waals surface area contributed by atoms with E-state index in [-0.39, 0.29) is 18.3 Å². The van der Waals surface area contributed by atoms with E-state index in [1.54, 1.807) is 30.5 Å². The summed E-state index contributed by atoms with van der Waals surface area (Å²) in [5, 5.41) is 12.3. The van der Waals surface area contributed by atoms with Gasteiger partial charge in [0.15, 0.2) is 11.0 Å². The van der Waals surface area contributed by atoms with E-state index in [1.165, 1.54) is 11.8 Å². The Labute approximate surface area is 166 Å². The van der Waals surface area contributed by atoms with Crippen molar-refractivity contribution in [3.8, 4) is 5.75 Å². The van der Waals surface area contributed by atoms with E-state index in [0.29, 0.717) is 34.1 Å². The van der Waals surface area contributed by atoms with Gasteiger partial charge in [0.05, 0.1) is 10.8 Å². The molecule has 0 fully saturated rings. The first-order chi connectivity index (χ1) is 13.2. The van der Waals surface area contributed by atoms with Crippen molar-refractivity contribution in [3.05, 3.63) is 59.5 Å². The number of carbonyl (C=O) groups excluding carboxylic acids is 1. The van der Waals surface area contributed by atoms with Crippen molar-refractivity contribution in [2.45, 2.75) is 25.2 Å². The third kappa shape index (κ3) is 5.21. The van der Waals surface area contributed by atoms with Crippen LogP contribution in [0.15, 0.2) is 53.8 Å². The summed E-state index contributed by atoms with van der Waals surface area (Å²) in [5.74, 6) is 1.84. The molecular weight excluding hydrogens is 386 g/mol. The Balaban J connectivity index is 1.58. The summed E-state index contributed by atoms with van der Waals surface area (Å²) < 4.78 is 7.64. The average molecular weight is 404 g/mol. The van der Waals surface area contributed by atoms with Crippen LogP contribution in [-0.4, -0.2) is 31.4 Å². The van der Waals surface area contributed by atoms with E-state index >= 15 is 0 Å². The van der Waals surface area contributed by atoms with Crippen LogP contribution in [0.5, 0.6) is 5.75 Å². The number of para-hydroxylation sites is 1. The van der Waals surface area contributed by atoms with Crippen molar-refractivity contribution in [1.82, 2.24) is 19.7 Å². The molecule has 1 aromatic carbocycles. The lowest BCUT2D eigenvalue weighted by Crippen LogP contribution is -2.15. The van der Waals surface area contributed by atoms with Crippen LogP contribution in [0, 0.1) is 0 Å². The first-order valence-electron chi connectivity index (χ1n) is 8.30. The highest BCUT2D eigenvalue weighted by Gasteiger charge is 2.14. The molecule has 27 heavy (non-hydrogen) atoms. The Morgan fingerprint density at radius 3 is 2.78 bits per heavy atom. The van der Waals surface area contributed by atoms with Crippen molar-refractivity contribution in [3.63, 3.8) is 0 Å². The predicted octanol–water partition coefficient (Wildman–Crippen LogP) is 3.66. The van der Waals surface area contributed by atoms with Gasteiger partial charge in [0, 0.05) is 12.7 Å². The van der Waals surface area contributed by atoms with E-state index in [0.717, 1.165) is 0 Å². The summed E-state index contributed by atoms with van der Waals surface area (Å²) in [7, 11) is 0. The summed E-state index contributed by atoms with van der Waals surface area (Å²) in [5.41, 5.74) is 0. The molecule has 0 aliphatic carbocycles. The normalized spacial score (nSPS) is 10.6. The van der Waals surface area contributed by atoms with E-state index in [4.69, 9.17) is 16.3 Å². The molecule has 140 valence electrons. The van der Waals surface area contributed by atoms with Crippen molar-refractivity contribution >= 4 is 35.1 Å². The van der Waals surface area contributed by atoms with Crippen LogP contribution in [-0.2, 0) is 17.9 Å². The molecule has 2 aromatic heterocycles. The zero-order valence-electron chi connectivity index (χ0n) is 14.6. The number of nitrogens with one attached hydrogen (secondary N) is 1. The van der Waals surface area contributed by atoms with E-state index < -0.39 is 0 Å². The number of hydrogen-bond acceptors (Lipinski definition) is 6. The maximum absolute atomic E-state index is 12.1. The number of pyridine rings is 1. The molecule has 0 unspecified atom stereocenters. The van der Waals surface area contributed by atoms with Crippen LogP contribution < -0.4 is 10.1 Å². The summed E-state index contributed by atoms with van der Waals surface area (Å²) in [6, 6.07) is 12.6. The second-order valence-electron chi connectivity index (χ2n) is 5.41. The minimum atomic E-state index is -0.154. The first-order valence-corrected chi connectivity index (χ1v) is 9.66. The van der Waals surface area contributed by atoms with Gasteiger partial charge in [0.1, 0.15) is 18.2 Å². The van der Waals surface area contributed by atoms with Crippen LogP contribution in [0.3, 0.4) is 0 Å². The number of aromatic nitrogens is 4. The first kappa shape index (κ1) is 19.2. The molecule has 3 aromatic rings. The van der Waals surface area contributed by atoms with Gasteiger partial charge in [0.2, 0.25) is 5.91 Å². The number of benzene rings is 1. The molecule has 1 amide bonds. The molecule has 0 atom stereocenters. The fourth-order valence-corrected chi connectivity index (χ4v) is 3.31. The lowest BCUT2D eigenvalue weighted by atomic mass is 10.3. The zero-order valence-corrected chi connectivity index (χ0v) is 16.2. The average Bonchev–Trinajstić information content (AvgIpc) is 3.08. The van der Waals surface area contributed by atoms with Crippen molar-refractivity contribution in [2.75, 3.05) is 11.1 Å². The van der Waals surface area contributed by atoms with E-state index in [2.05, 4.69) is 20.5 Å². The highest BCUT2D eigenvalue weighted by Crippen LogP contribution is 2.24. The van der Waals surface area contributed by atoms with Gasteiger partial charge in [-0.25, -0.2) is 4.98 Å². The molecular formula is C18H18ClN5O2S. The van der Waals surface area contributed by atoms with Gasteiger partial charge in [-0.05, 0) is 31.2 Å². The molecule has 0 bridgehead atoms. The number of amides is 1. The van der Waals surface area contributed by atoms with Crippen LogP contribution >= 0.6 is 23.4 Å². The van der Waals surface area contributed by atoms with Gasteiger partial charge in [-0.2, -0.15) is 0 Å². The van der Waals surface area contributed by atoms with Crippen molar-refractivity contribution in [1.29, 1.82) is 0 Å². The number of halogens is 1. The SMILES string of the molecule is CCn1c(COc2ccccc2Cl)nnc1SCC(=O)Nc1ccccn1. The molecule has 0 saturated heterocycles. The quantitative estimate of drug-likeness (QED) is 0.578. The third-order valence-electron chi connectivity index (χ3n) is 3.57. The molecule has 0 spiro atoms. The largest absolute Gasteiger partial charge is 0.484 e. The van der Waals surface area contributed by atoms with E-state index in [9.17, 15) is 4.79 Å². The molecule has 0 aliphatic rings. The molecule has 1 N–H and O–H groups in total. The maximum atomic E-state index is 12.1. The Morgan fingerprint density at radius 1 is 1.22 bits per heavy atom. The van der Waals surface area contributed by atoms with Gasteiger partial charge in [-0.1, -0.05) is 41.6 Å². The number of ether oxygens (including phenoxy) is 1. The number of thioether (sulfide) groups is 1. The van der Waals surface area contributed by atoms with Gasteiger partial charge >= 0.3 is 0 Å². The van der Waals surface area contributed by atoms with Gasteiger partial charge < -0.3 is 14.6 Å². The van der Waals surface area contributed by atoms with Crippen LogP contribution in [0.4, 0.5) is 5.82 Å². The molecule has 0 aliphatic heterocycles. The van der Waals surface area contributed by atoms with E-state index in [1.807, 2.05) is 29.7 Å². The summed E-state index contributed by atoms with van der Waals surface area (Å²) in [4.78, 5) is 16.1. The highest BCUT2D eigenvalue weighted by molar-refractivity contribution is 7.99. The molecule has 3 rings (SSSR count). The van der Waals surface area contributed by atoms with Gasteiger partial charge in [-0.15, -0.1) is 10.2 Å². The van der Waals surface area contributed by atoms with Crippen LogP contribution in [0.2, 0.25) is 5.02 Å². The number of anilines is 1. The molecule has 7 nitrogen and oxygen atoms in total. The number of nitrogens with zero attached hydrogens (tertiary/aromatic N) is 4. The van der Waals surface area contributed by atoms with Gasteiger partial charge in [0.25, 0.3) is 0 Å². The topological polar surface area (TPSA) is 81.9 Å². The monoisotopic (exact) mass is 403 g/mol. The highest BCUT2D eigenvalue weighted by atomic mass is 35.5. The number of hydrogen-bond donors (Lipinski definition) is 1. The Kier molecular flexibility index (Phi) is 6.67. The molecule has 0 saturated carbocycles. The fourth-order valence-electron chi connectivity index (χ4n) is 2.30. The standard InChI is InChI=1S/C18H18ClN5O2S/c1-2-24-16(11-26-14-8-4-3-7-13(14)19)22-23-18(24)27-12-17(25)21-15-9-5-6-10-20-15/h3-10H,2,11-12H2,1H3,(H,20,21,25). The smallest absolute Gasteiger partial charge is 0.236 e. The second-order valence-corrected chi connectivity index (χ2v) is 6.76. The molecule has 9 heteroatoms. The lowest BCUT2D eigenvalue weighted by Gasteiger charge is -2.09. The fraction of sp³-hybridized carbons (Fsp3) is 0.222. The number of rotatable bonds is 8. The van der Waals surface area contributed by atoms with Crippen molar-refractivity contribution < 1.29 is 9.53 Å². The minimum Gasteiger partial charge on any atom is -0.484 e. The minimum absolute atomic E-state index is 0.154. The van der Waals surface area contributed by atoms with Gasteiger partial charge in [-0.3, -0.25) is 4.79 Å². The summed E-state index contributed by atoms with van der Waals surface area (Å²) in [6.07, 6.45) is 1.63. The van der Waals surface area contributed by atoms with Crippen LogP contribution in [0.1, 0.15) is 12.7 Å². The maximum Gasteiger partial charge on any atom is 0.236 e. The Hall–Kier alpha value is -2.58. The summed E-state index contributed by atoms with van der Waals surface area (Å²) in [6.45, 7) is 2.89.